The average molecular weight is 254 g/mol. The quantitative estimate of drug-likeness (QED) is 0.812. The normalized spacial score (nSPS) is 41.0. The van der Waals surface area contributed by atoms with Crippen LogP contribution >= 0.6 is 0 Å². The highest BCUT2D eigenvalue weighted by molar-refractivity contribution is 5.11. The number of aliphatic hydroxyl groups is 1. The summed E-state index contributed by atoms with van der Waals surface area (Å²) in [5.41, 5.74) is 0.714. The Morgan fingerprint density at radius 3 is 2.44 bits per heavy atom. The molecule has 2 aliphatic rings. The summed E-state index contributed by atoms with van der Waals surface area (Å²) in [6.45, 7) is 11.9. The molecular formula is C16H30O2. The van der Waals surface area contributed by atoms with E-state index in [4.69, 9.17) is 4.74 Å². The number of fused-ring (bicyclic) bond motifs is 2. The second-order valence-electron chi connectivity index (χ2n) is 7.39. The van der Waals surface area contributed by atoms with Crippen LogP contribution in [0, 0.1) is 22.7 Å². The smallest absolute Gasteiger partial charge is 0.0799 e. The Bertz CT molecular complexity index is 299. The van der Waals surface area contributed by atoms with Gasteiger partial charge >= 0.3 is 0 Å². The van der Waals surface area contributed by atoms with E-state index in [0.717, 1.165) is 12.3 Å². The molecule has 0 aromatic carbocycles. The first kappa shape index (κ1) is 14.3. The Balaban J connectivity index is 1.93. The van der Waals surface area contributed by atoms with E-state index in [1.165, 1.54) is 19.3 Å². The third-order valence-electron chi connectivity index (χ3n) is 6.48. The monoisotopic (exact) mass is 254 g/mol. The summed E-state index contributed by atoms with van der Waals surface area (Å²) in [5.74, 6) is 1.15. The number of hydrogen-bond donors (Lipinski definition) is 1. The fourth-order valence-corrected chi connectivity index (χ4v) is 4.03. The topological polar surface area (TPSA) is 29.5 Å². The van der Waals surface area contributed by atoms with Gasteiger partial charge in [0.25, 0.3) is 0 Å². The molecule has 5 unspecified atom stereocenters. The first-order valence-electron chi connectivity index (χ1n) is 7.62. The molecule has 0 aliphatic heterocycles. The molecule has 0 spiro atoms. The zero-order chi connectivity index (χ0) is 13.6. The maximum atomic E-state index is 10.0. The van der Waals surface area contributed by atoms with Crippen LogP contribution in [-0.4, -0.2) is 23.9 Å². The molecule has 2 rings (SSSR count). The van der Waals surface area contributed by atoms with Crippen molar-refractivity contribution in [1.82, 2.24) is 0 Å². The fraction of sp³-hybridized carbons (Fsp3) is 1.00. The molecule has 0 heterocycles. The van der Waals surface area contributed by atoms with Crippen LogP contribution in [0.1, 0.15) is 60.3 Å². The minimum atomic E-state index is -0.305. The van der Waals surface area contributed by atoms with Crippen LogP contribution < -0.4 is 0 Å². The van der Waals surface area contributed by atoms with Crippen LogP contribution in [0.15, 0.2) is 0 Å². The van der Waals surface area contributed by atoms with Crippen molar-refractivity contribution >= 4 is 0 Å². The summed E-state index contributed by atoms with van der Waals surface area (Å²) in [6, 6.07) is 0. The van der Waals surface area contributed by atoms with Gasteiger partial charge in [-0.1, -0.05) is 41.0 Å². The summed E-state index contributed by atoms with van der Waals surface area (Å²) in [7, 11) is 0. The van der Waals surface area contributed by atoms with Crippen molar-refractivity contribution in [3.8, 4) is 0 Å². The van der Waals surface area contributed by atoms with E-state index in [0.29, 0.717) is 29.5 Å². The zero-order valence-corrected chi connectivity index (χ0v) is 12.7. The van der Waals surface area contributed by atoms with E-state index in [1.807, 2.05) is 0 Å². The third kappa shape index (κ3) is 2.02. The second kappa shape index (κ2) is 4.79. The first-order valence-corrected chi connectivity index (χ1v) is 7.62. The van der Waals surface area contributed by atoms with Gasteiger partial charge in [-0.2, -0.15) is 0 Å². The lowest BCUT2D eigenvalue weighted by Gasteiger charge is -2.39. The van der Waals surface area contributed by atoms with Gasteiger partial charge in [-0.05, 0) is 41.9 Å². The van der Waals surface area contributed by atoms with Crippen molar-refractivity contribution in [3.05, 3.63) is 0 Å². The molecule has 0 amide bonds. The summed E-state index contributed by atoms with van der Waals surface area (Å²) in [6.07, 6.45) is 4.90. The Kier molecular flexibility index (Phi) is 3.81. The maximum Gasteiger partial charge on any atom is 0.0799 e. The molecule has 2 saturated carbocycles. The molecule has 0 radical (unpaired) electrons. The van der Waals surface area contributed by atoms with E-state index < -0.39 is 0 Å². The van der Waals surface area contributed by atoms with Gasteiger partial charge in [0.15, 0.2) is 0 Å². The molecule has 0 saturated heterocycles. The molecule has 2 nitrogen and oxygen atoms in total. The van der Waals surface area contributed by atoms with Gasteiger partial charge in [-0.15, -0.1) is 0 Å². The highest BCUT2D eigenvalue weighted by Crippen LogP contribution is 2.66. The Morgan fingerprint density at radius 2 is 2.00 bits per heavy atom. The molecular weight excluding hydrogens is 224 g/mol. The predicted molar refractivity (Wildman–Crippen MR) is 74.4 cm³/mol. The van der Waals surface area contributed by atoms with Crippen molar-refractivity contribution < 1.29 is 9.84 Å². The maximum absolute atomic E-state index is 10.0. The Hall–Kier alpha value is -0.0800. The van der Waals surface area contributed by atoms with Gasteiger partial charge < -0.3 is 9.84 Å². The standard InChI is InChI=1S/C16H30O2/c1-6-11(2)13(17)10-18-14-9-12-7-8-16(14,5)15(12,3)4/h11-14,17H,6-10H2,1-5H3. The molecule has 5 atom stereocenters. The summed E-state index contributed by atoms with van der Waals surface area (Å²) in [4.78, 5) is 0. The van der Waals surface area contributed by atoms with Crippen LogP contribution in [0.2, 0.25) is 0 Å². The van der Waals surface area contributed by atoms with Gasteiger partial charge in [0.2, 0.25) is 0 Å². The van der Waals surface area contributed by atoms with Crippen LogP contribution in [0.3, 0.4) is 0 Å². The van der Waals surface area contributed by atoms with Crippen molar-refractivity contribution in [2.24, 2.45) is 22.7 Å². The van der Waals surface area contributed by atoms with Crippen molar-refractivity contribution in [1.29, 1.82) is 0 Å². The molecule has 2 aliphatic carbocycles. The van der Waals surface area contributed by atoms with Crippen molar-refractivity contribution in [3.63, 3.8) is 0 Å². The number of rotatable bonds is 5. The molecule has 1 N–H and O–H groups in total. The van der Waals surface area contributed by atoms with Gasteiger partial charge in [0.05, 0.1) is 18.8 Å². The molecule has 2 heteroatoms. The fourth-order valence-electron chi connectivity index (χ4n) is 4.03. The lowest BCUT2D eigenvalue weighted by molar-refractivity contribution is -0.0842. The Morgan fingerprint density at radius 1 is 1.33 bits per heavy atom. The number of hydrogen-bond acceptors (Lipinski definition) is 2. The second-order valence-corrected chi connectivity index (χ2v) is 7.39. The third-order valence-corrected chi connectivity index (χ3v) is 6.48. The van der Waals surface area contributed by atoms with E-state index in [9.17, 15) is 5.11 Å². The van der Waals surface area contributed by atoms with Gasteiger partial charge in [0, 0.05) is 0 Å². The predicted octanol–water partition coefficient (Wildman–Crippen LogP) is 3.62. The average Bonchev–Trinajstić information content (AvgIpc) is 2.67. The van der Waals surface area contributed by atoms with E-state index in [2.05, 4.69) is 34.6 Å². The molecule has 0 aromatic heterocycles. The largest absolute Gasteiger partial charge is 0.390 e. The highest BCUT2D eigenvalue weighted by atomic mass is 16.5. The number of ether oxygens (including phenoxy) is 1. The minimum absolute atomic E-state index is 0.305. The molecule has 2 bridgehead atoms. The van der Waals surface area contributed by atoms with E-state index in [-0.39, 0.29) is 6.10 Å². The lowest BCUT2D eigenvalue weighted by atomic mass is 9.70. The molecule has 0 aromatic rings. The minimum Gasteiger partial charge on any atom is -0.390 e. The van der Waals surface area contributed by atoms with Crippen LogP contribution in [0.5, 0.6) is 0 Å². The highest BCUT2D eigenvalue weighted by Gasteiger charge is 2.61. The number of aliphatic hydroxyl groups excluding tert-OH is 1. The van der Waals surface area contributed by atoms with Crippen LogP contribution in [0.25, 0.3) is 0 Å². The molecule has 18 heavy (non-hydrogen) atoms. The SMILES string of the molecule is CCC(C)C(O)COC1CC2CCC1(C)C2(C)C. The van der Waals surface area contributed by atoms with E-state index >= 15 is 0 Å². The van der Waals surface area contributed by atoms with Crippen molar-refractivity contribution in [2.75, 3.05) is 6.61 Å². The lowest BCUT2D eigenvalue weighted by Crippen LogP contribution is -2.39. The van der Waals surface area contributed by atoms with Gasteiger partial charge in [0.1, 0.15) is 0 Å². The van der Waals surface area contributed by atoms with Crippen LogP contribution in [0.4, 0.5) is 0 Å². The summed E-state index contributed by atoms with van der Waals surface area (Å²) >= 11 is 0. The van der Waals surface area contributed by atoms with Crippen LogP contribution in [-0.2, 0) is 4.74 Å². The van der Waals surface area contributed by atoms with Crippen molar-refractivity contribution in [2.45, 2.75) is 72.5 Å². The summed E-state index contributed by atoms with van der Waals surface area (Å²) < 4.78 is 6.11. The first-order chi connectivity index (χ1) is 8.33. The molecule has 106 valence electrons. The van der Waals surface area contributed by atoms with E-state index in [1.54, 1.807) is 0 Å². The summed E-state index contributed by atoms with van der Waals surface area (Å²) in [5, 5.41) is 10.0. The Labute approximate surface area is 112 Å². The molecule has 2 fully saturated rings. The van der Waals surface area contributed by atoms with Gasteiger partial charge in [-0.25, -0.2) is 0 Å². The van der Waals surface area contributed by atoms with Gasteiger partial charge in [-0.3, -0.25) is 0 Å². The zero-order valence-electron chi connectivity index (χ0n) is 12.7.